The summed E-state index contributed by atoms with van der Waals surface area (Å²) < 4.78 is 0. The molecule has 4 nitrogen and oxygen atoms in total. The molecule has 0 radical (unpaired) electrons. The number of hydrogen-bond donors (Lipinski definition) is 2. The topological polar surface area (TPSA) is 60.8 Å². The summed E-state index contributed by atoms with van der Waals surface area (Å²) in [6.07, 6.45) is 1.11. The molecule has 1 saturated heterocycles. The van der Waals surface area contributed by atoms with E-state index in [0.717, 1.165) is 13.1 Å². The van der Waals surface area contributed by atoms with Crippen LogP contribution in [0.4, 0.5) is 0 Å². The number of carboxylic acid groups (broad SMARTS) is 1. The Hall–Kier alpha value is -0.610. The maximum absolute atomic E-state index is 10.8. The highest BCUT2D eigenvalue weighted by Gasteiger charge is 2.41. The lowest BCUT2D eigenvalue weighted by Crippen LogP contribution is -2.51. The van der Waals surface area contributed by atoms with Crippen LogP contribution in [0, 0.1) is 5.92 Å². The van der Waals surface area contributed by atoms with Crippen LogP contribution in [0.5, 0.6) is 0 Å². The van der Waals surface area contributed by atoms with Gasteiger partial charge < -0.3 is 15.1 Å². The predicted octanol–water partition coefficient (Wildman–Crippen LogP) is 0.942. The summed E-state index contributed by atoms with van der Waals surface area (Å²) in [6.45, 7) is 7.39. The van der Waals surface area contributed by atoms with Crippen LogP contribution < -0.4 is 0 Å². The zero-order valence-corrected chi connectivity index (χ0v) is 9.73. The van der Waals surface area contributed by atoms with E-state index >= 15 is 0 Å². The van der Waals surface area contributed by atoms with Gasteiger partial charge in [-0.1, -0.05) is 0 Å². The van der Waals surface area contributed by atoms with Gasteiger partial charge in [-0.15, -0.1) is 0 Å². The van der Waals surface area contributed by atoms with Crippen molar-refractivity contribution in [1.82, 2.24) is 4.90 Å². The van der Waals surface area contributed by atoms with Crippen molar-refractivity contribution >= 4 is 5.97 Å². The van der Waals surface area contributed by atoms with Gasteiger partial charge in [0.05, 0.1) is 11.5 Å². The number of piperidine rings is 1. The second-order valence-corrected chi connectivity index (χ2v) is 4.79. The third kappa shape index (κ3) is 2.69. The molecule has 0 amide bonds. The molecule has 1 unspecified atom stereocenters. The number of carboxylic acids is 1. The minimum Gasteiger partial charge on any atom is -0.481 e. The second kappa shape index (κ2) is 4.49. The first-order chi connectivity index (χ1) is 6.87. The van der Waals surface area contributed by atoms with Crippen LogP contribution in [-0.2, 0) is 4.79 Å². The van der Waals surface area contributed by atoms with Gasteiger partial charge in [-0.25, -0.2) is 0 Å². The number of nitrogens with zero attached hydrogens (tertiary/aromatic N) is 1. The molecular weight excluding hydrogens is 194 g/mol. The molecule has 1 rings (SSSR count). The molecule has 0 saturated carbocycles. The minimum atomic E-state index is -1.02. The lowest BCUT2D eigenvalue weighted by atomic mass is 9.80. The first kappa shape index (κ1) is 12.5. The van der Waals surface area contributed by atoms with Gasteiger partial charge in [0.15, 0.2) is 0 Å². The molecule has 0 bridgehead atoms. The number of rotatable bonds is 3. The molecule has 0 aromatic heterocycles. The van der Waals surface area contributed by atoms with E-state index in [9.17, 15) is 9.90 Å². The molecule has 1 fully saturated rings. The van der Waals surface area contributed by atoms with E-state index in [2.05, 4.69) is 18.7 Å². The fraction of sp³-hybridized carbons (Fsp3) is 0.909. The predicted molar refractivity (Wildman–Crippen MR) is 57.7 cm³/mol. The van der Waals surface area contributed by atoms with Crippen molar-refractivity contribution in [2.45, 2.75) is 45.3 Å². The van der Waals surface area contributed by atoms with Crippen molar-refractivity contribution < 1.29 is 15.0 Å². The van der Waals surface area contributed by atoms with Crippen LogP contribution in [0.3, 0.4) is 0 Å². The summed E-state index contributed by atoms with van der Waals surface area (Å²) in [5, 5.41) is 19.1. The van der Waals surface area contributed by atoms with Gasteiger partial charge in [-0.3, -0.25) is 4.79 Å². The Bertz CT molecular complexity index is 232. The van der Waals surface area contributed by atoms with Crippen molar-refractivity contribution in [3.05, 3.63) is 0 Å². The Morgan fingerprint density at radius 2 is 1.73 bits per heavy atom. The van der Waals surface area contributed by atoms with Crippen molar-refractivity contribution in [3.8, 4) is 0 Å². The normalized spacial score (nSPS) is 24.1. The van der Waals surface area contributed by atoms with Gasteiger partial charge in [-0.05, 0) is 33.6 Å². The largest absolute Gasteiger partial charge is 0.481 e. The molecule has 0 aromatic rings. The fourth-order valence-electron chi connectivity index (χ4n) is 2.09. The molecule has 0 spiro atoms. The quantitative estimate of drug-likeness (QED) is 0.735. The third-order valence-electron chi connectivity index (χ3n) is 3.57. The molecular formula is C11H21NO3. The highest BCUT2D eigenvalue weighted by Crippen LogP contribution is 2.30. The Morgan fingerprint density at radius 1 is 1.27 bits per heavy atom. The van der Waals surface area contributed by atoms with E-state index in [1.807, 2.05) is 0 Å². The second-order valence-electron chi connectivity index (χ2n) is 4.79. The van der Waals surface area contributed by atoms with Gasteiger partial charge >= 0.3 is 5.97 Å². The maximum Gasteiger partial charge on any atom is 0.309 e. The van der Waals surface area contributed by atoms with Gasteiger partial charge in [0.25, 0.3) is 0 Å². The monoisotopic (exact) mass is 215 g/mol. The first-order valence-electron chi connectivity index (χ1n) is 5.56. The van der Waals surface area contributed by atoms with Crippen molar-refractivity contribution in [3.63, 3.8) is 0 Å². The minimum absolute atomic E-state index is 0.467. The van der Waals surface area contributed by atoms with E-state index in [-0.39, 0.29) is 0 Å². The zero-order chi connectivity index (χ0) is 11.6. The van der Waals surface area contributed by atoms with Crippen molar-refractivity contribution in [1.29, 1.82) is 0 Å². The lowest BCUT2D eigenvalue weighted by molar-refractivity contribution is -0.154. The van der Waals surface area contributed by atoms with Gasteiger partial charge in [0, 0.05) is 19.1 Å². The summed E-state index contributed by atoms with van der Waals surface area (Å²) in [4.78, 5) is 13.1. The van der Waals surface area contributed by atoms with E-state index < -0.39 is 17.5 Å². The average molecular weight is 215 g/mol. The third-order valence-corrected chi connectivity index (χ3v) is 3.57. The lowest BCUT2D eigenvalue weighted by Gasteiger charge is -2.41. The summed E-state index contributed by atoms with van der Waals surface area (Å²) >= 11 is 0. The Kier molecular flexibility index (Phi) is 3.73. The molecule has 1 aliphatic rings. The fourth-order valence-corrected chi connectivity index (χ4v) is 2.09. The molecule has 88 valence electrons. The first-order valence-corrected chi connectivity index (χ1v) is 5.56. The summed E-state index contributed by atoms with van der Waals surface area (Å²) in [5.74, 6) is -1.58. The Balaban J connectivity index is 2.58. The van der Waals surface area contributed by atoms with Crippen LogP contribution in [0.25, 0.3) is 0 Å². The highest BCUT2D eigenvalue weighted by atomic mass is 16.4. The van der Waals surface area contributed by atoms with Crippen molar-refractivity contribution in [2.75, 3.05) is 13.1 Å². The number of likely N-dealkylation sites (tertiary alicyclic amines) is 1. The summed E-state index contributed by atoms with van der Waals surface area (Å²) in [6, 6.07) is 0.467. The standard InChI is InChI=1S/C11H21NO3/c1-8(2)12-6-4-11(15,5-7-12)9(3)10(13)14/h8-9,15H,4-7H2,1-3H3,(H,13,14). The van der Waals surface area contributed by atoms with Crippen LogP contribution in [0.2, 0.25) is 0 Å². The van der Waals surface area contributed by atoms with E-state index in [1.165, 1.54) is 0 Å². The maximum atomic E-state index is 10.8. The molecule has 4 heteroatoms. The van der Waals surface area contributed by atoms with E-state index in [0.29, 0.717) is 18.9 Å². The van der Waals surface area contributed by atoms with Crippen LogP contribution >= 0.6 is 0 Å². The van der Waals surface area contributed by atoms with Gasteiger partial charge in [0.2, 0.25) is 0 Å². The highest BCUT2D eigenvalue weighted by molar-refractivity contribution is 5.71. The molecule has 0 aliphatic carbocycles. The molecule has 15 heavy (non-hydrogen) atoms. The molecule has 0 aromatic carbocycles. The van der Waals surface area contributed by atoms with Crippen LogP contribution in [0.1, 0.15) is 33.6 Å². The van der Waals surface area contributed by atoms with Crippen molar-refractivity contribution in [2.24, 2.45) is 5.92 Å². The Morgan fingerprint density at radius 3 is 2.07 bits per heavy atom. The Labute approximate surface area is 90.9 Å². The molecule has 1 heterocycles. The average Bonchev–Trinajstić information content (AvgIpc) is 2.17. The molecule has 1 aliphatic heterocycles. The van der Waals surface area contributed by atoms with E-state index in [1.54, 1.807) is 6.92 Å². The van der Waals surface area contributed by atoms with E-state index in [4.69, 9.17) is 5.11 Å². The summed E-state index contributed by atoms with van der Waals surface area (Å²) in [5.41, 5.74) is -1.02. The van der Waals surface area contributed by atoms with Gasteiger partial charge in [0.1, 0.15) is 0 Å². The number of aliphatic hydroxyl groups is 1. The molecule has 2 N–H and O–H groups in total. The smallest absolute Gasteiger partial charge is 0.309 e. The van der Waals surface area contributed by atoms with Gasteiger partial charge in [-0.2, -0.15) is 0 Å². The number of aliphatic carboxylic acids is 1. The zero-order valence-electron chi connectivity index (χ0n) is 9.73. The molecule has 1 atom stereocenters. The van der Waals surface area contributed by atoms with Crippen LogP contribution in [0.15, 0.2) is 0 Å². The number of carbonyl (C=O) groups is 1. The summed E-state index contributed by atoms with van der Waals surface area (Å²) in [7, 11) is 0. The number of hydrogen-bond acceptors (Lipinski definition) is 3. The SMILES string of the molecule is CC(C)N1CCC(O)(C(C)C(=O)O)CC1. The van der Waals surface area contributed by atoms with Crippen LogP contribution in [-0.4, -0.2) is 45.8 Å².